The van der Waals surface area contributed by atoms with E-state index in [1.165, 1.54) is 35.0 Å². The van der Waals surface area contributed by atoms with E-state index in [4.69, 9.17) is 0 Å². The molecule has 2 aromatic heterocycles. The number of fused-ring (bicyclic) bond motifs is 1. The van der Waals surface area contributed by atoms with Gasteiger partial charge in [-0.05, 0) is 44.0 Å². The molecular weight excluding hydrogens is 312 g/mol. The molecule has 3 rings (SSSR count). The quantitative estimate of drug-likeness (QED) is 0.780. The molecule has 6 heteroatoms. The number of allylic oxidation sites excluding steroid dienone is 1. The first kappa shape index (κ1) is 13.7. The highest BCUT2D eigenvalue weighted by Crippen LogP contribution is 2.47. The minimum atomic E-state index is -3.28. The van der Waals surface area contributed by atoms with Crippen molar-refractivity contribution in [1.82, 2.24) is 0 Å². The Kier molecular flexibility index (Phi) is 3.00. The third-order valence-corrected chi connectivity index (χ3v) is 8.06. The van der Waals surface area contributed by atoms with Crippen LogP contribution >= 0.6 is 22.7 Å². The number of sulfone groups is 1. The Morgan fingerprint density at radius 1 is 1.15 bits per heavy atom. The molecule has 0 spiro atoms. The number of hydrogen-bond acceptors (Lipinski definition) is 5. The molecule has 3 nitrogen and oxygen atoms in total. The fraction of sp³-hybridized carbons (Fsp3) is 0.214. The van der Waals surface area contributed by atoms with Crippen molar-refractivity contribution < 1.29 is 13.2 Å². The van der Waals surface area contributed by atoms with Gasteiger partial charge >= 0.3 is 0 Å². The summed E-state index contributed by atoms with van der Waals surface area (Å²) >= 11 is 2.71. The molecule has 1 aliphatic heterocycles. The van der Waals surface area contributed by atoms with E-state index in [-0.39, 0.29) is 5.78 Å². The fourth-order valence-electron chi connectivity index (χ4n) is 2.37. The molecule has 0 atom stereocenters. The largest absolute Gasteiger partial charge is 0.294 e. The highest BCUT2D eigenvalue weighted by molar-refractivity contribution is 7.96. The van der Waals surface area contributed by atoms with Gasteiger partial charge in [0, 0.05) is 20.7 Å². The lowest BCUT2D eigenvalue weighted by atomic mass is 10.1. The van der Waals surface area contributed by atoms with Crippen molar-refractivity contribution in [2.45, 2.75) is 25.0 Å². The monoisotopic (exact) mass is 324 g/mol. The lowest BCUT2D eigenvalue weighted by Gasteiger charge is -1.98. The number of hydrogen-bond donors (Lipinski definition) is 0. The predicted octanol–water partition coefficient (Wildman–Crippen LogP) is 4.14. The van der Waals surface area contributed by atoms with Gasteiger partial charge in [0.2, 0.25) is 9.84 Å². The van der Waals surface area contributed by atoms with Crippen LogP contribution in [-0.4, -0.2) is 14.2 Å². The number of carbonyl (C=O) groups is 1. The zero-order valence-corrected chi connectivity index (χ0v) is 13.6. The summed E-state index contributed by atoms with van der Waals surface area (Å²) in [4.78, 5) is 14.0. The first-order chi connectivity index (χ1) is 9.31. The summed E-state index contributed by atoms with van der Waals surface area (Å²) in [6, 6.07) is 3.69. The molecule has 2 aromatic rings. The van der Waals surface area contributed by atoms with Crippen LogP contribution < -0.4 is 0 Å². The summed E-state index contributed by atoms with van der Waals surface area (Å²) in [7, 11) is -3.28. The first-order valence-electron chi connectivity index (χ1n) is 5.99. The van der Waals surface area contributed by atoms with Crippen LogP contribution in [0.15, 0.2) is 21.7 Å². The maximum absolute atomic E-state index is 12.1. The van der Waals surface area contributed by atoms with Gasteiger partial charge in [0.25, 0.3) is 0 Å². The number of thiophene rings is 2. The Bertz CT molecular complexity index is 864. The van der Waals surface area contributed by atoms with Crippen LogP contribution in [0, 0.1) is 6.92 Å². The van der Waals surface area contributed by atoms with Crippen LogP contribution in [0.5, 0.6) is 0 Å². The Labute approximate surface area is 125 Å². The van der Waals surface area contributed by atoms with E-state index in [1.807, 2.05) is 19.9 Å². The van der Waals surface area contributed by atoms with Crippen molar-refractivity contribution in [2.75, 3.05) is 0 Å². The standard InChI is InChI=1S/C14H12O3S3/c1-7-6-20(16,17)14-12(7)8(2)13(19-14)11-5-4-10(18-11)9(3)15/h4-6H,1-3H3. The molecule has 3 heterocycles. The lowest BCUT2D eigenvalue weighted by Crippen LogP contribution is -1.87. The zero-order valence-electron chi connectivity index (χ0n) is 11.2. The maximum Gasteiger partial charge on any atom is 0.210 e. The van der Waals surface area contributed by atoms with E-state index in [2.05, 4.69) is 0 Å². The van der Waals surface area contributed by atoms with E-state index in [1.54, 1.807) is 6.07 Å². The molecule has 0 aromatic carbocycles. The summed E-state index contributed by atoms with van der Waals surface area (Å²) in [5.41, 5.74) is 2.61. The summed E-state index contributed by atoms with van der Waals surface area (Å²) in [6.45, 7) is 5.30. The molecular formula is C14H12O3S3. The maximum atomic E-state index is 12.1. The van der Waals surface area contributed by atoms with Gasteiger partial charge in [-0.1, -0.05) is 0 Å². The second-order valence-electron chi connectivity index (χ2n) is 4.78. The van der Waals surface area contributed by atoms with Crippen molar-refractivity contribution in [3.05, 3.63) is 33.5 Å². The Morgan fingerprint density at radius 2 is 1.85 bits per heavy atom. The molecule has 0 saturated carbocycles. The van der Waals surface area contributed by atoms with Crippen molar-refractivity contribution in [3.63, 3.8) is 0 Å². The number of rotatable bonds is 2. The highest BCUT2D eigenvalue weighted by Gasteiger charge is 2.31. The third-order valence-electron chi connectivity index (χ3n) is 3.28. The smallest absolute Gasteiger partial charge is 0.210 e. The SMILES string of the molecule is CC(=O)c1ccc(-c2sc3c(c2C)C(C)=CS3(=O)=O)s1. The fourth-order valence-corrected chi connectivity index (χ4v) is 6.70. The molecule has 20 heavy (non-hydrogen) atoms. The van der Waals surface area contributed by atoms with E-state index in [9.17, 15) is 13.2 Å². The second kappa shape index (κ2) is 4.38. The average molecular weight is 324 g/mol. The molecule has 0 N–H and O–H groups in total. The Balaban J connectivity index is 2.21. The van der Waals surface area contributed by atoms with E-state index < -0.39 is 9.84 Å². The van der Waals surface area contributed by atoms with Crippen LogP contribution in [0.4, 0.5) is 0 Å². The molecule has 0 radical (unpaired) electrons. The van der Waals surface area contributed by atoms with Gasteiger partial charge in [-0.25, -0.2) is 8.42 Å². The third kappa shape index (κ3) is 1.90. The Hall–Kier alpha value is -1.24. The number of ketones is 1. The van der Waals surface area contributed by atoms with Crippen molar-refractivity contribution in [3.8, 4) is 9.75 Å². The number of Topliss-reactive ketones (excluding diaryl/α,β-unsaturated/α-hetero) is 1. The predicted molar refractivity (Wildman–Crippen MR) is 83.2 cm³/mol. The zero-order chi connectivity index (χ0) is 14.7. The summed E-state index contributed by atoms with van der Waals surface area (Å²) in [5.74, 6) is 0.0340. The van der Waals surface area contributed by atoms with Gasteiger partial charge in [0.1, 0.15) is 4.21 Å². The second-order valence-corrected chi connectivity index (χ2v) is 8.88. The van der Waals surface area contributed by atoms with Crippen molar-refractivity contribution in [1.29, 1.82) is 0 Å². The summed E-state index contributed by atoms with van der Waals surface area (Å²) in [6.07, 6.45) is 0. The minimum absolute atomic E-state index is 0.0340. The topological polar surface area (TPSA) is 51.2 Å². The average Bonchev–Trinajstić information content (AvgIpc) is 2.96. The summed E-state index contributed by atoms with van der Waals surface area (Å²) in [5, 5.41) is 1.33. The molecule has 0 fully saturated rings. The first-order valence-corrected chi connectivity index (χ1v) is 9.17. The van der Waals surface area contributed by atoms with Gasteiger partial charge < -0.3 is 0 Å². The normalized spacial score (nSPS) is 16.1. The molecule has 104 valence electrons. The van der Waals surface area contributed by atoms with E-state index in [0.29, 0.717) is 9.09 Å². The molecule has 0 aliphatic carbocycles. The van der Waals surface area contributed by atoms with Crippen molar-refractivity contribution >= 4 is 43.9 Å². The lowest BCUT2D eigenvalue weighted by molar-refractivity contribution is 0.102. The van der Waals surface area contributed by atoms with E-state index >= 15 is 0 Å². The highest BCUT2D eigenvalue weighted by atomic mass is 32.2. The molecule has 1 aliphatic rings. The van der Waals surface area contributed by atoms with Crippen LogP contribution in [0.1, 0.15) is 34.6 Å². The van der Waals surface area contributed by atoms with Crippen LogP contribution in [0.2, 0.25) is 0 Å². The van der Waals surface area contributed by atoms with Crippen molar-refractivity contribution in [2.24, 2.45) is 0 Å². The summed E-state index contributed by atoms with van der Waals surface area (Å²) < 4.78 is 24.5. The molecule has 0 bridgehead atoms. The molecule has 0 amide bonds. The molecule has 0 unspecified atom stereocenters. The van der Waals surface area contributed by atoms with Crippen LogP contribution in [0.3, 0.4) is 0 Å². The van der Waals surface area contributed by atoms with Gasteiger partial charge in [-0.15, -0.1) is 22.7 Å². The minimum Gasteiger partial charge on any atom is -0.294 e. The van der Waals surface area contributed by atoms with Gasteiger partial charge in [0.15, 0.2) is 5.78 Å². The number of carbonyl (C=O) groups excluding carboxylic acids is 1. The van der Waals surface area contributed by atoms with Gasteiger partial charge in [-0.2, -0.15) is 0 Å². The van der Waals surface area contributed by atoms with Crippen LogP contribution in [-0.2, 0) is 9.84 Å². The van der Waals surface area contributed by atoms with E-state index in [0.717, 1.165) is 26.5 Å². The van der Waals surface area contributed by atoms with Gasteiger partial charge in [-0.3, -0.25) is 4.79 Å². The van der Waals surface area contributed by atoms with Crippen LogP contribution in [0.25, 0.3) is 15.3 Å². The molecule has 0 saturated heterocycles. The Morgan fingerprint density at radius 3 is 2.40 bits per heavy atom. The van der Waals surface area contributed by atoms with Gasteiger partial charge in [0.05, 0.1) is 4.88 Å².